The molecule has 1 saturated heterocycles. The van der Waals surface area contributed by atoms with Crippen LogP contribution >= 0.6 is 0 Å². The molecule has 0 aromatic carbocycles. The van der Waals surface area contributed by atoms with Crippen LogP contribution in [0.15, 0.2) is 24.5 Å². The first-order valence-electron chi connectivity index (χ1n) is 8.01. The fourth-order valence-electron chi connectivity index (χ4n) is 4.09. The monoisotopic (exact) mass is 286 g/mol. The van der Waals surface area contributed by atoms with Gasteiger partial charge in [0.25, 0.3) is 0 Å². The Labute approximate surface area is 124 Å². The predicted octanol–water partition coefficient (Wildman–Crippen LogP) is 3.02. The molecule has 3 heterocycles. The molecule has 1 aliphatic carbocycles. The fraction of sp³-hybridized carbons (Fsp3) is 0.588. The number of hydrogen-bond donors (Lipinski definition) is 1. The Bertz CT molecular complexity index is 643. The topological polar surface area (TPSA) is 47.3 Å². The highest BCUT2D eigenvalue weighted by Crippen LogP contribution is 2.43. The van der Waals surface area contributed by atoms with Crippen molar-refractivity contribution in [2.45, 2.75) is 63.4 Å². The second-order valence-corrected chi connectivity index (χ2v) is 6.51. The first kappa shape index (κ1) is 13.3. The van der Waals surface area contributed by atoms with E-state index in [1.165, 1.54) is 32.1 Å². The van der Waals surface area contributed by atoms with E-state index >= 15 is 0 Å². The minimum atomic E-state index is 0.0602. The van der Waals surface area contributed by atoms with Gasteiger partial charge in [0, 0.05) is 23.3 Å². The van der Waals surface area contributed by atoms with Crippen LogP contribution in [0.4, 0.5) is 0 Å². The van der Waals surface area contributed by atoms with E-state index in [0.717, 1.165) is 29.6 Å². The van der Waals surface area contributed by atoms with Crippen molar-refractivity contribution in [3.8, 4) is 0 Å². The van der Waals surface area contributed by atoms with Crippen LogP contribution in [0.5, 0.6) is 0 Å². The van der Waals surface area contributed by atoms with Gasteiger partial charge < -0.3 is 14.4 Å². The third kappa shape index (κ3) is 2.27. The third-order valence-corrected chi connectivity index (χ3v) is 5.14. The summed E-state index contributed by atoms with van der Waals surface area (Å²) in [6, 6.07) is 3.95. The van der Waals surface area contributed by atoms with Gasteiger partial charge in [-0.15, -0.1) is 0 Å². The quantitative estimate of drug-likeness (QED) is 0.943. The van der Waals surface area contributed by atoms with E-state index in [-0.39, 0.29) is 18.3 Å². The van der Waals surface area contributed by atoms with Crippen molar-refractivity contribution in [1.82, 2.24) is 9.55 Å². The lowest BCUT2D eigenvalue weighted by Gasteiger charge is -2.24. The zero-order valence-electron chi connectivity index (χ0n) is 12.3. The molecule has 112 valence electrons. The van der Waals surface area contributed by atoms with Gasteiger partial charge in [-0.1, -0.05) is 12.8 Å². The van der Waals surface area contributed by atoms with Gasteiger partial charge in [-0.3, -0.25) is 0 Å². The number of aliphatic hydroxyl groups is 1. The van der Waals surface area contributed by atoms with Crippen LogP contribution < -0.4 is 0 Å². The van der Waals surface area contributed by atoms with Gasteiger partial charge in [0.05, 0.1) is 24.9 Å². The normalized spacial score (nSPS) is 24.3. The minimum Gasteiger partial charge on any atom is -0.392 e. The molecule has 0 bridgehead atoms. The van der Waals surface area contributed by atoms with Crippen molar-refractivity contribution in [3.63, 3.8) is 0 Å². The lowest BCUT2D eigenvalue weighted by Crippen LogP contribution is -2.26. The predicted molar refractivity (Wildman–Crippen MR) is 81.0 cm³/mol. The Hall–Kier alpha value is -1.39. The van der Waals surface area contributed by atoms with Crippen LogP contribution in [0, 0.1) is 0 Å². The summed E-state index contributed by atoms with van der Waals surface area (Å²) >= 11 is 0. The average molecular weight is 286 g/mol. The van der Waals surface area contributed by atoms with Gasteiger partial charge in [-0.25, -0.2) is 4.98 Å². The number of hydrogen-bond acceptors (Lipinski definition) is 3. The minimum absolute atomic E-state index is 0.0602. The molecule has 1 N–H and O–H groups in total. The first-order chi connectivity index (χ1) is 10.3. The Morgan fingerprint density at radius 3 is 3.00 bits per heavy atom. The standard InChI is InChI=1S/C17H22N2O2/c20-12-13-10-19(16-15(13)4-3-9-18-16)11-14-5-8-17(21-14)6-1-2-7-17/h3-4,9-10,14,20H,1-2,5-8,11-12H2. The van der Waals surface area contributed by atoms with Crippen LogP contribution in [0.2, 0.25) is 0 Å². The second kappa shape index (κ2) is 5.11. The Morgan fingerprint density at radius 1 is 1.33 bits per heavy atom. The molecule has 4 heteroatoms. The Kier molecular flexibility index (Phi) is 3.23. The maximum atomic E-state index is 9.50. The van der Waals surface area contributed by atoms with Gasteiger partial charge in [-0.2, -0.15) is 0 Å². The number of aliphatic hydroxyl groups excluding tert-OH is 1. The van der Waals surface area contributed by atoms with E-state index in [1.54, 1.807) is 0 Å². The third-order valence-electron chi connectivity index (χ3n) is 5.14. The zero-order chi connectivity index (χ0) is 14.3. The number of ether oxygens (including phenoxy) is 1. The number of pyridine rings is 1. The second-order valence-electron chi connectivity index (χ2n) is 6.51. The molecule has 2 aromatic rings. The number of fused-ring (bicyclic) bond motifs is 1. The van der Waals surface area contributed by atoms with E-state index in [1.807, 2.05) is 24.5 Å². The van der Waals surface area contributed by atoms with E-state index in [0.29, 0.717) is 0 Å². The summed E-state index contributed by atoms with van der Waals surface area (Å²) in [7, 11) is 0. The molecule has 1 unspecified atom stereocenters. The summed E-state index contributed by atoms with van der Waals surface area (Å²) in [5.41, 5.74) is 2.09. The molecule has 1 aliphatic heterocycles. The summed E-state index contributed by atoms with van der Waals surface area (Å²) in [4.78, 5) is 4.48. The smallest absolute Gasteiger partial charge is 0.140 e. The fourth-order valence-corrected chi connectivity index (χ4v) is 4.09. The molecule has 4 nitrogen and oxygen atoms in total. The van der Waals surface area contributed by atoms with E-state index < -0.39 is 0 Å². The maximum absolute atomic E-state index is 9.50. The molecular formula is C17H22N2O2. The number of nitrogens with zero attached hydrogens (tertiary/aromatic N) is 2. The highest BCUT2D eigenvalue weighted by molar-refractivity contribution is 5.80. The van der Waals surface area contributed by atoms with E-state index in [9.17, 15) is 5.11 Å². The average Bonchev–Trinajstić information content (AvgIpc) is 3.21. The van der Waals surface area contributed by atoms with E-state index in [4.69, 9.17) is 4.74 Å². The molecule has 4 rings (SSSR count). The molecule has 1 saturated carbocycles. The summed E-state index contributed by atoms with van der Waals surface area (Å²) in [6.07, 6.45) is 11.6. The van der Waals surface area contributed by atoms with Crippen molar-refractivity contribution in [3.05, 3.63) is 30.1 Å². The summed E-state index contributed by atoms with van der Waals surface area (Å²) < 4.78 is 8.55. The molecule has 2 aliphatic rings. The van der Waals surface area contributed by atoms with E-state index in [2.05, 4.69) is 9.55 Å². The van der Waals surface area contributed by atoms with Crippen molar-refractivity contribution >= 4 is 11.0 Å². The van der Waals surface area contributed by atoms with Crippen LogP contribution in [0.1, 0.15) is 44.1 Å². The summed E-state index contributed by atoms with van der Waals surface area (Å²) in [6.45, 7) is 0.903. The maximum Gasteiger partial charge on any atom is 0.140 e. The van der Waals surface area contributed by atoms with Crippen LogP contribution in [-0.4, -0.2) is 26.4 Å². The summed E-state index contributed by atoms with van der Waals surface area (Å²) in [5, 5.41) is 10.6. The molecule has 2 aromatic heterocycles. The lowest BCUT2D eigenvalue weighted by molar-refractivity contribution is -0.0414. The molecule has 2 fully saturated rings. The van der Waals surface area contributed by atoms with Crippen molar-refractivity contribution < 1.29 is 9.84 Å². The zero-order valence-corrected chi connectivity index (χ0v) is 12.3. The van der Waals surface area contributed by atoms with Crippen LogP contribution in [0.3, 0.4) is 0 Å². The van der Waals surface area contributed by atoms with Gasteiger partial charge in [0.1, 0.15) is 5.65 Å². The van der Waals surface area contributed by atoms with Crippen LogP contribution in [-0.2, 0) is 17.9 Å². The van der Waals surface area contributed by atoms with Gasteiger partial charge in [0.2, 0.25) is 0 Å². The van der Waals surface area contributed by atoms with Gasteiger partial charge in [-0.05, 0) is 37.8 Å². The molecule has 0 amide bonds. The van der Waals surface area contributed by atoms with Gasteiger partial charge in [0.15, 0.2) is 0 Å². The Balaban J connectivity index is 1.58. The molecular weight excluding hydrogens is 264 g/mol. The molecule has 0 radical (unpaired) electrons. The van der Waals surface area contributed by atoms with Crippen molar-refractivity contribution in [1.29, 1.82) is 0 Å². The van der Waals surface area contributed by atoms with Gasteiger partial charge >= 0.3 is 0 Å². The highest BCUT2D eigenvalue weighted by atomic mass is 16.5. The molecule has 21 heavy (non-hydrogen) atoms. The largest absolute Gasteiger partial charge is 0.392 e. The SMILES string of the molecule is OCc1cn(CC2CCC3(CCCC3)O2)c2ncccc12. The number of rotatable bonds is 3. The van der Waals surface area contributed by atoms with Crippen LogP contribution in [0.25, 0.3) is 11.0 Å². The molecule has 1 atom stereocenters. The first-order valence-corrected chi connectivity index (χ1v) is 8.01. The Morgan fingerprint density at radius 2 is 2.19 bits per heavy atom. The van der Waals surface area contributed by atoms with Crippen molar-refractivity contribution in [2.75, 3.05) is 0 Å². The summed E-state index contributed by atoms with van der Waals surface area (Å²) in [5.74, 6) is 0. The highest BCUT2D eigenvalue weighted by Gasteiger charge is 2.42. The number of aromatic nitrogens is 2. The van der Waals surface area contributed by atoms with Crippen molar-refractivity contribution in [2.24, 2.45) is 0 Å². The molecule has 1 spiro atoms. The lowest BCUT2D eigenvalue weighted by atomic mass is 9.98.